The van der Waals surface area contributed by atoms with Gasteiger partial charge in [0.05, 0.1) is 21.9 Å². The van der Waals surface area contributed by atoms with Gasteiger partial charge in [0.2, 0.25) is 5.88 Å². The van der Waals surface area contributed by atoms with Gasteiger partial charge in [-0.1, -0.05) is 0 Å². The second-order valence-electron chi connectivity index (χ2n) is 6.61. The van der Waals surface area contributed by atoms with E-state index < -0.39 is 11.7 Å². The number of nitrogens with one attached hydrogen (secondary N) is 1. The predicted molar refractivity (Wildman–Crippen MR) is 85.6 cm³/mol. The summed E-state index contributed by atoms with van der Waals surface area (Å²) < 4.78 is 14.0. The Morgan fingerprint density at radius 3 is 2.81 bits per heavy atom. The Kier molecular flexibility index (Phi) is 3.79. The minimum absolute atomic E-state index is 0.116. The number of nitrogens with zero attached hydrogens (tertiary/aromatic N) is 2. The molecule has 7 heteroatoms. The third kappa shape index (κ3) is 3.44. The van der Waals surface area contributed by atoms with Gasteiger partial charge in [-0.25, -0.2) is 9.48 Å². The highest BCUT2D eigenvalue weighted by molar-refractivity contribution is 14.1. The number of hydrogen-bond acceptors (Lipinski definition) is 4. The molecule has 1 aromatic rings. The normalized spacial score (nSPS) is 21.4. The Labute approximate surface area is 137 Å². The van der Waals surface area contributed by atoms with Crippen molar-refractivity contribution in [3.8, 4) is 5.88 Å². The molecular formula is C14H20IN3O3. The van der Waals surface area contributed by atoms with Crippen LogP contribution in [0.3, 0.4) is 0 Å². The monoisotopic (exact) mass is 405 g/mol. The second-order valence-corrected chi connectivity index (χ2v) is 7.69. The number of carbonyl (C=O) groups is 1. The smallest absolute Gasteiger partial charge is 0.408 e. The molecule has 1 aliphatic heterocycles. The van der Waals surface area contributed by atoms with Crippen LogP contribution in [0.5, 0.6) is 5.88 Å². The number of halogens is 1. The first-order valence-electron chi connectivity index (χ1n) is 7.22. The largest absolute Gasteiger partial charge is 0.475 e. The molecule has 1 atom stereocenters. The molecule has 6 nitrogen and oxygen atoms in total. The van der Waals surface area contributed by atoms with Crippen molar-refractivity contribution < 1.29 is 14.3 Å². The van der Waals surface area contributed by atoms with Crippen LogP contribution in [0, 0.1) is 3.57 Å². The van der Waals surface area contributed by atoms with Gasteiger partial charge < -0.3 is 14.8 Å². The molecule has 1 saturated carbocycles. The lowest BCUT2D eigenvalue weighted by atomic mass is 10.2. The number of alkyl carbamates (subject to hydrolysis) is 1. The molecule has 0 radical (unpaired) electrons. The van der Waals surface area contributed by atoms with Gasteiger partial charge in [-0.05, 0) is 56.2 Å². The highest BCUT2D eigenvalue weighted by Gasteiger charge is 2.34. The lowest BCUT2D eigenvalue weighted by molar-refractivity contribution is 0.0460. The molecule has 0 unspecified atom stereocenters. The van der Waals surface area contributed by atoms with Crippen molar-refractivity contribution in [3.63, 3.8) is 0 Å². The van der Waals surface area contributed by atoms with Crippen LogP contribution in [0.4, 0.5) is 4.79 Å². The molecule has 1 aromatic heterocycles. The van der Waals surface area contributed by atoms with Crippen molar-refractivity contribution >= 4 is 28.7 Å². The number of carbonyl (C=O) groups excluding carboxylic acids is 1. The highest BCUT2D eigenvalue weighted by atomic mass is 127. The second kappa shape index (κ2) is 5.33. The van der Waals surface area contributed by atoms with Crippen molar-refractivity contribution in [3.05, 3.63) is 9.26 Å². The summed E-state index contributed by atoms with van der Waals surface area (Å²) in [7, 11) is 0. The molecule has 21 heavy (non-hydrogen) atoms. The van der Waals surface area contributed by atoms with Crippen molar-refractivity contribution in [1.82, 2.24) is 15.1 Å². The van der Waals surface area contributed by atoms with Crippen molar-refractivity contribution in [2.75, 3.05) is 6.61 Å². The molecule has 3 rings (SSSR count). The topological polar surface area (TPSA) is 65.4 Å². The van der Waals surface area contributed by atoms with Gasteiger partial charge in [0.15, 0.2) is 0 Å². The molecule has 0 bridgehead atoms. The summed E-state index contributed by atoms with van der Waals surface area (Å²) in [5.74, 6) is 1.43. The Balaban J connectivity index is 1.64. The maximum absolute atomic E-state index is 11.8. The van der Waals surface area contributed by atoms with Crippen LogP contribution in [0.15, 0.2) is 0 Å². The first kappa shape index (κ1) is 14.9. The maximum Gasteiger partial charge on any atom is 0.408 e. The van der Waals surface area contributed by atoms with E-state index in [1.54, 1.807) is 0 Å². The Hall–Kier alpha value is -0.990. The van der Waals surface area contributed by atoms with E-state index in [4.69, 9.17) is 9.47 Å². The third-order valence-electron chi connectivity index (χ3n) is 3.37. The molecule has 0 spiro atoms. The molecular weight excluding hydrogens is 385 g/mol. The summed E-state index contributed by atoms with van der Waals surface area (Å²) in [4.78, 5) is 11.8. The standard InChI is InChI=1S/C14H20IN3O3/c1-14(2,3)21-13(19)16-9-6-18-12(20-7-9)10(15)11(17-18)8-4-5-8/h8-9H,4-7H2,1-3H3,(H,16,19)/t9-/m0/s1. The van der Waals surface area contributed by atoms with Crippen LogP contribution >= 0.6 is 22.6 Å². The molecule has 0 aromatic carbocycles. The molecule has 2 heterocycles. The average Bonchev–Trinajstić information content (AvgIpc) is 3.13. The number of amides is 1. The number of ether oxygens (including phenoxy) is 2. The van der Waals surface area contributed by atoms with Crippen LogP contribution in [-0.2, 0) is 11.3 Å². The summed E-state index contributed by atoms with van der Waals surface area (Å²) in [6.07, 6.45) is 2.02. The lowest BCUT2D eigenvalue weighted by Crippen LogP contribution is -2.46. The summed E-state index contributed by atoms with van der Waals surface area (Å²) in [6.45, 7) is 6.61. The van der Waals surface area contributed by atoms with Crippen LogP contribution in [0.2, 0.25) is 0 Å². The lowest BCUT2D eigenvalue weighted by Gasteiger charge is -2.27. The molecule has 1 N–H and O–H groups in total. The van der Waals surface area contributed by atoms with E-state index in [0.717, 1.165) is 15.1 Å². The summed E-state index contributed by atoms with van der Waals surface area (Å²) >= 11 is 2.30. The maximum atomic E-state index is 11.8. The zero-order valence-electron chi connectivity index (χ0n) is 12.5. The molecule has 1 aliphatic carbocycles. The van der Waals surface area contributed by atoms with Crippen LogP contribution in [0.25, 0.3) is 0 Å². The quantitative estimate of drug-likeness (QED) is 0.769. The number of rotatable bonds is 2. The first-order valence-corrected chi connectivity index (χ1v) is 8.30. The van der Waals surface area contributed by atoms with E-state index in [1.807, 2.05) is 25.5 Å². The molecule has 1 amide bonds. The van der Waals surface area contributed by atoms with Gasteiger partial charge in [-0.15, -0.1) is 0 Å². The fourth-order valence-corrected chi connectivity index (χ4v) is 3.31. The number of aromatic nitrogens is 2. The van der Waals surface area contributed by atoms with Crippen LogP contribution < -0.4 is 10.1 Å². The minimum atomic E-state index is -0.495. The van der Waals surface area contributed by atoms with Gasteiger partial charge in [0.25, 0.3) is 0 Å². The Bertz CT molecular complexity index is 561. The Morgan fingerprint density at radius 1 is 1.48 bits per heavy atom. The Morgan fingerprint density at radius 2 is 2.19 bits per heavy atom. The minimum Gasteiger partial charge on any atom is -0.475 e. The van der Waals surface area contributed by atoms with Gasteiger partial charge in [0, 0.05) is 5.92 Å². The number of hydrogen-bond donors (Lipinski definition) is 1. The van der Waals surface area contributed by atoms with Gasteiger partial charge >= 0.3 is 6.09 Å². The third-order valence-corrected chi connectivity index (χ3v) is 4.39. The zero-order valence-corrected chi connectivity index (χ0v) is 14.6. The highest BCUT2D eigenvalue weighted by Crippen LogP contribution is 2.44. The molecule has 116 valence electrons. The fourth-order valence-electron chi connectivity index (χ4n) is 2.32. The fraction of sp³-hybridized carbons (Fsp3) is 0.714. The van der Waals surface area contributed by atoms with E-state index in [-0.39, 0.29) is 6.04 Å². The zero-order chi connectivity index (χ0) is 15.2. The van der Waals surface area contributed by atoms with Crippen molar-refractivity contribution in [2.45, 2.75) is 57.7 Å². The van der Waals surface area contributed by atoms with Gasteiger partial charge in [0.1, 0.15) is 12.2 Å². The first-order chi connectivity index (χ1) is 9.83. The van der Waals surface area contributed by atoms with Crippen molar-refractivity contribution in [1.29, 1.82) is 0 Å². The SMILES string of the molecule is CC(C)(C)OC(=O)N[C@@H]1COc2c(I)c(C3CC3)nn2C1. The summed E-state index contributed by atoms with van der Waals surface area (Å²) in [5.41, 5.74) is 0.647. The summed E-state index contributed by atoms with van der Waals surface area (Å²) in [5, 5.41) is 7.48. The van der Waals surface area contributed by atoms with Crippen molar-refractivity contribution in [2.24, 2.45) is 0 Å². The number of fused-ring (bicyclic) bond motifs is 1. The van der Waals surface area contributed by atoms with Crippen LogP contribution in [-0.4, -0.2) is 34.1 Å². The van der Waals surface area contributed by atoms with Gasteiger partial charge in [-0.2, -0.15) is 5.10 Å². The molecule has 2 aliphatic rings. The van der Waals surface area contributed by atoms with E-state index >= 15 is 0 Å². The molecule has 1 fully saturated rings. The van der Waals surface area contributed by atoms with E-state index in [2.05, 4.69) is 33.0 Å². The predicted octanol–water partition coefficient (Wildman–Crippen LogP) is 2.65. The van der Waals surface area contributed by atoms with E-state index in [1.165, 1.54) is 12.8 Å². The molecule has 0 saturated heterocycles. The van der Waals surface area contributed by atoms with Gasteiger partial charge in [-0.3, -0.25) is 0 Å². The van der Waals surface area contributed by atoms with E-state index in [0.29, 0.717) is 19.1 Å². The van der Waals surface area contributed by atoms with E-state index in [9.17, 15) is 4.79 Å². The average molecular weight is 405 g/mol. The summed E-state index contributed by atoms with van der Waals surface area (Å²) in [6, 6.07) is -0.116. The van der Waals surface area contributed by atoms with Crippen LogP contribution in [0.1, 0.15) is 45.2 Å².